The maximum atomic E-state index is 5.25. The van der Waals surface area contributed by atoms with E-state index in [1.54, 1.807) is 13.4 Å². The molecule has 1 N–H and O–H groups in total. The van der Waals surface area contributed by atoms with Crippen molar-refractivity contribution in [3.05, 3.63) is 40.4 Å². The minimum atomic E-state index is 0.675. The van der Waals surface area contributed by atoms with Crippen molar-refractivity contribution >= 4 is 15.9 Å². The molecule has 1 aliphatic rings. The summed E-state index contributed by atoms with van der Waals surface area (Å²) < 4.78 is 8.15. The molecule has 0 spiro atoms. The average molecular weight is 337 g/mol. The molecule has 3 rings (SSSR count). The van der Waals surface area contributed by atoms with Crippen LogP contribution in [0.3, 0.4) is 0 Å². The summed E-state index contributed by atoms with van der Waals surface area (Å²) in [5, 5.41) is 7.90. The first kappa shape index (κ1) is 13.6. The molecular weight excluding hydrogens is 320 g/mol. The van der Waals surface area contributed by atoms with Crippen molar-refractivity contribution in [2.24, 2.45) is 0 Å². The lowest BCUT2D eigenvalue weighted by Crippen LogP contribution is -2.16. The summed E-state index contributed by atoms with van der Waals surface area (Å²) in [6.45, 7) is 1.42. The molecule has 6 heteroatoms. The standard InChI is InChI=1S/C14H17BrN4O/c1-20-12-4-5-13(15)10(6-12)8-19-9-17-14(18-19)7-16-11-2-3-11/h4-6,9,11,16H,2-3,7-8H2,1H3. The van der Waals surface area contributed by atoms with Gasteiger partial charge in [0.15, 0.2) is 5.82 Å². The smallest absolute Gasteiger partial charge is 0.164 e. The quantitative estimate of drug-likeness (QED) is 0.879. The summed E-state index contributed by atoms with van der Waals surface area (Å²) >= 11 is 3.55. The lowest BCUT2D eigenvalue weighted by molar-refractivity contribution is 0.414. The molecule has 0 atom stereocenters. The summed E-state index contributed by atoms with van der Waals surface area (Å²) in [4.78, 5) is 4.33. The number of nitrogens with one attached hydrogen (secondary N) is 1. The van der Waals surface area contributed by atoms with Gasteiger partial charge >= 0.3 is 0 Å². The summed E-state index contributed by atoms with van der Waals surface area (Å²) in [5.74, 6) is 1.69. The van der Waals surface area contributed by atoms with E-state index in [-0.39, 0.29) is 0 Å². The molecular formula is C14H17BrN4O. The molecule has 106 valence electrons. The van der Waals surface area contributed by atoms with E-state index in [0.717, 1.165) is 28.2 Å². The molecule has 1 aromatic heterocycles. The molecule has 1 saturated carbocycles. The second-order valence-electron chi connectivity index (χ2n) is 4.97. The Hall–Kier alpha value is -1.40. The van der Waals surface area contributed by atoms with E-state index in [2.05, 4.69) is 31.3 Å². The third kappa shape index (κ3) is 3.37. The molecule has 0 radical (unpaired) electrons. The van der Waals surface area contributed by atoms with E-state index in [1.807, 2.05) is 22.9 Å². The molecule has 0 saturated heterocycles. The van der Waals surface area contributed by atoms with Crippen LogP contribution in [0.25, 0.3) is 0 Å². The van der Waals surface area contributed by atoms with Crippen LogP contribution in [0, 0.1) is 0 Å². The van der Waals surface area contributed by atoms with Crippen molar-refractivity contribution < 1.29 is 4.74 Å². The molecule has 1 fully saturated rings. The van der Waals surface area contributed by atoms with Crippen LogP contribution in [0.1, 0.15) is 24.2 Å². The van der Waals surface area contributed by atoms with Crippen molar-refractivity contribution in [2.75, 3.05) is 7.11 Å². The van der Waals surface area contributed by atoms with E-state index in [9.17, 15) is 0 Å². The van der Waals surface area contributed by atoms with Gasteiger partial charge in [-0.2, -0.15) is 5.10 Å². The van der Waals surface area contributed by atoms with Gasteiger partial charge in [-0.05, 0) is 36.6 Å². The first-order chi connectivity index (χ1) is 9.74. The van der Waals surface area contributed by atoms with Crippen LogP contribution in [0.5, 0.6) is 5.75 Å². The highest BCUT2D eigenvalue weighted by molar-refractivity contribution is 9.10. The van der Waals surface area contributed by atoms with Gasteiger partial charge in [0.05, 0.1) is 20.2 Å². The Morgan fingerprint density at radius 2 is 2.30 bits per heavy atom. The lowest BCUT2D eigenvalue weighted by atomic mass is 10.2. The van der Waals surface area contributed by atoms with Crippen molar-refractivity contribution in [2.45, 2.75) is 32.0 Å². The monoisotopic (exact) mass is 336 g/mol. The third-order valence-electron chi connectivity index (χ3n) is 3.30. The topological polar surface area (TPSA) is 52.0 Å². The van der Waals surface area contributed by atoms with E-state index in [1.165, 1.54) is 12.8 Å². The summed E-state index contributed by atoms with van der Waals surface area (Å²) in [6, 6.07) is 6.60. The van der Waals surface area contributed by atoms with Crippen molar-refractivity contribution in [3.8, 4) is 5.75 Å². The average Bonchev–Trinajstić information content (AvgIpc) is 3.19. The number of halogens is 1. The Balaban J connectivity index is 1.67. The highest BCUT2D eigenvalue weighted by atomic mass is 79.9. The summed E-state index contributed by atoms with van der Waals surface area (Å²) in [5.41, 5.74) is 1.12. The highest BCUT2D eigenvalue weighted by Gasteiger charge is 2.20. The molecule has 0 unspecified atom stereocenters. The van der Waals surface area contributed by atoms with Gasteiger partial charge in [-0.25, -0.2) is 9.67 Å². The third-order valence-corrected chi connectivity index (χ3v) is 4.07. The number of methoxy groups -OCH3 is 1. The largest absolute Gasteiger partial charge is 0.497 e. The van der Waals surface area contributed by atoms with Gasteiger partial charge in [0, 0.05) is 10.5 Å². The molecule has 0 aliphatic heterocycles. The Kier molecular flexibility index (Phi) is 4.03. The second kappa shape index (κ2) is 5.93. The minimum Gasteiger partial charge on any atom is -0.497 e. The number of hydrogen-bond acceptors (Lipinski definition) is 4. The van der Waals surface area contributed by atoms with Gasteiger partial charge in [0.25, 0.3) is 0 Å². The molecule has 1 aliphatic carbocycles. The fourth-order valence-corrected chi connectivity index (χ4v) is 2.36. The number of ether oxygens (including phenoxy) is 1. The van der Waals surface area contributed by atoms with Crippen LogP contribution in [0.15, 0.2) is 29.0 Å². The van der Waals surface area contributed by atoms with Gasteiger partial charge in [-0.15, -0.1) is 0 Å². The Morgan fingerprint density at radius 1 is 1.45 bits per heavy atom. The summed E-state index contributed by atoms with van der Waals surface area (Å²) in [6.07, 6.45) is 4.32. The number of nitrogens with zero attached hydrogens (tertiary/aromatic N) is 3. The second-order valence-corrected chi connectivity index (χ2v) is 5.83. The fraction of sp³-hybridized carbons (Fsp3) is 0.429. The highest BCUT2D eigenvalue weighted by Crippen LogP contribution is 2.23. The van der Waals surface area contributed by atoms with Gasteiger partial charge in [-0.3, -0.25) is 0 Å². The minimum absolute atomic E-state index is 0.675. The summed E-state index contributed by atoms with van der Waals surface area (Å²) in [7, 11) is 1.67. The zero-order valence-electron chi connectivity index (χ0n) is 11.3. The number of rotatable bonds is 6. The van der Waals surface area contributed by atoms with Crippen molar-refractivity contribution in [1.29, 1.82) is 0 Å². The number of aromatic nitrogens is 3. The van der Waals surface area contributed by atoms with Gasteiger partial charge in [0.2, 0.25) is 0 Å². The molecule has 2 aromatic rings. The SMILES string of the molecule is COc1ccc(Br)c(Cn2cnc(CNC3CC3)n2)c1. The maximum absolute atomic E-state index is 5.25. The fourth-order valence-electron chi connectivity index (χ4n) is 1.99. The van der Waals surface area contributed by atoms with Gasteiger partial charge in [-0.1, -0.05) is 15.9 Å². The van der Waals surface area contributed by atoms with Crippen LogP contribution in [-0.2, 0) is 13.1 Å². The zero-order chi connectivity index (χ0) is 13.9. The first-order valence-corrected chi connectivity index (χ1v) is 7.48. The Labute approximate surface area is 126 Å². The Morgan fingerprint density at radius 3 is 3.05 bits per heavy atom. The van der Waals surface area contributed by atoms with Crippen LogP contribution in [0.2, 0.25) is 0 Å². The molecule has 20 heavy (non-hydrogen) atoms. The van der Waals surface area contributed by atoms with Crippen LogP contribution >= 0.6 is 15.9 Å². The van der Waals surface area contributed by atoms with E-state index in [0.29, 0.717) is 12.6 Å². The van der Waals surface area contributed by atoms with Crippen LogP contribution < -0.4 is 10.1 Å². The van der Waals surface area contributed by atoms with Crippen molar-refractivity contribution in [1.82, 2.24) is 20.1 Å². The lowest BCUT2D eigenvalue weighted by Gasteiger charge is -2.07. The van der Waals surface area contributed by atoms with Crippen LogP contribution in [-0.4, -0.2) is 27.9 Å². The Bertz CT molecular complexity index is 595. The molecule has 5 nitrogen and oxygen atoms in total. The van der Waals surface area contributed by atoms with Gasteiger partial charge in [0.1, 0.15) is 12.1 Å². The number of hydrogen-bond donors (Lipinski definition) is 1. The zero-order valence-corrected chi connectivity index (χ0v) is 12.9. The van der Waals surface area contributed by atoms with Crippen LogP contribution in [0.4, 0.5) is 0 Å². The molecule has 0 bridgehead atoms. The van der Waals surface area contributed by atoms with Gasteiger partial charge < -0.3 is 10.1 Å². The molecule has 1 aromatic carbocycles. The first-order valence-electron chi connectivity index (χ1n) is 6.69. The predicted octanol–water partition coefficient (Wildman–Crippen LogP) is 2.35. The predicted molar refractivity (Wildman–Crippen MR) is 79.7 cm³/mol. The number of benzene rings is 1. The van der Waals surface area contributed by atoms with E-state index < -0.39 is 0 Å². The molecule has 1 heterocycles. The van der Waals surface area contributed by atoms with E-state index >= 15 is 0 Å². The normalized spacial score (nSPS) is 14.5. The maximum Gasteiger partial charge on any atom is 0.164 e. The van der Waals surface area contributed by atoms with Crippen molar-refractivity contribution in [3.63, 3.8) is 0 Å². The molecule has 0 amide bonds. The van der Waals surface area contributed by atoms with E-state index in [4.69, 9.17) is 4.74 Å².